The number of halogens is 2. The summed E-state index contributed by atoms with van der Waals surface area (Å²) in [6, 6.07) is 10.7. The summed E-state index contributed by atoms with van der Waals surface area (Å²) in [7, 11) is 2.17. The Balaban J connectivity index is 1.32. The molecule has 0 radical (unpaired) electrons. The van der Waals surface area contributed by atoms with Crippen molar-refractivity contribution >= 4 is 5.91 Å². The summed E-state index contributed by atoms with van der Waals surface area (Å²) in [5, 5.41) is 0. The lowest BCUT2D eigenvalue weighted by Gasteiger charge is -2.42. The molecule has 0 spiro atoms. The molecule has 2 heterocycles. The van der Waals surface area contributed by atoms with Crippen LogP contribution in [-0.2, 0) is 0 Å². The minimum absolute atomic E-state index is 0.00906. The molecule has 2 aliphatic heterocycles. The Kier molecular flexibility index (Phi) is 6.29. The van der Waals surface area contributed by atoms with Gasteiger partial charge in [0.05, 0.1) is 0 Å². The van der Waals surface area contributed by atoms with Gasteiger partial charge >= 0.3 is 0 Å². The number of nitrogens with zero attached hydrogens (tertiary/aromatic N) is 3. The molecule has 1 unspecified atom stereocenters. The van der Waals surface area contributed by atoms with Crippen molar-refractivity contribution in [1.29, 1.82) is 0 Å². The third kappa shape index (κ3) is 4.79. The summed E-state index contributed by atoms with van der Waals surface area (Å²) in [5.74, 6) is -1.20. The van der Waals surface area contributed by atoms with Gasteiger partial charge < -0.3 is 14.5 Å². The zero-order chi connectivity index (χ0) is 21.1. The highest BCUT2D eigenvalue weighted by Gasteiger charge is 2.28. The number of hydrogen-bond donors (Lipinski definition) is 0. The van der Waals surface area contributed by atoms with Crippen LogP contribution >= 0.6 is 0 Å². The Bertz CT molecular complexity index is 883. The second-order valence-electron chi connectivity index (χ2n) is 8.09. The van der Waals surface area contributed by atoms with Gasteiger partial charge in [-0.2, -0.15) is 0 Å². The fourth-order valence-electron chi connectivity index (χ4n) is 4.25. The second kappa shape index (κ2) is 9.10. The summed E-state index contributed by atoms with van der Waals surface area (Å²) in [6.45, 7) is 5.54. The molecule has 1 atom stereocenters. The lowest BCUT2D eigenvalue weighted by Crippen LogP contribution is -2.55. The first-order valence-electron chi connectivity index (χ1n) is 10.4. The SMILES string of the molecule is CN1CCCC(N2CCN(C(=O)c3ccc(Oc4ccc(F)c(F)c4)cc3)CC2)C1. The summed E-state index contributed by atoms with van der Waals surface area (Å²) in [5.41, 5.74) is 0.596. The third-order valence-electron chi connectivity index (χ3n) is 5.95. The Hall–Kier alpha value is -2.51. The number of rotatable bonds is 4. The molecule has 0 bridgehead atoms. The van der Waals surface area contributed by atoms with Gasteiger partial charge in [0.1, 0.15) is 11.5 Å². The van der Waals surface area contributed by atoms with Crippen LogP contribution in [0.2, 0.25) is 0 Å². The van der Waals surface area contributed by atoms with Crippen LogP contribution < -0.4 is 4.74 Å². The van der Waals surface area contributed by atoms with Gasteiger partial charge in [0.15, 0.2) is 11.6 Å². The highest BCUT2D eigenvalue weighted by atomic mass is 19.2. The Morgan fingerprint density at radius 3 is 2.30 bits per heavy atom. The quantitative estimate of drug-likeness (QED) is 0.765. The largest absolute Gasteiger partial charge is 0.457 e. The molecule has 5 nitrogen and oxygen atoms in total. The van der Waals surface area contributed by atoms with Gasteiger partial charge in [0.25, 0.3) is 5.91 Å². The van der Waals surface area contributed by atoms with Crippen molar-refractivity contribution in [3.05, 3.63) is 59.7 Å². The Morgan fingerprint density at radius 1 is 0.933 bits per heavy atom. The first-order chi connectivity index (χ1) is 14.5. The van der Waals surface area contributed by atoms with Crippen molar-refractivity contribution in [1.82, 2.24) is 14.7 Å². The van der Waals surface area contributed by atoms with E-state index in [0.717, 1.165) is 44.9 Å². The van der Waals surface area contributed by atoms with Crippen molar-refractivity contribution < 1.29 is 18.3 Å². The Labute approximate surface area is 175 Å². The van der Waals surface area contributed by atoms with Crippen LogP contribution in [0.15, 0.2) is 42.5 Å². The summed E-state index contributed by atoms with van der Waals surface area (Å²) < 4.78 is 31.9. The molecule has 2 aliphatic rings. The van der Waals surface area contributed by atoms with E-state index in [-0.39, 0.29) is 11.7 Å². The van der Waals surface area contributed by atoms with Gasteiger partial charge in [-0.25, -0.2) is 8.78 Å². The first-order valence-corrected chi connectivity index (χ1v) is 10.4. The maximum absolute atomic E-state index is 13.3. The van der Waals surface area contributed by atoms with Crippen molar-refractivity contribution in [2.75, 3.05) is 46.3 Å². The molecular weight excluding hydrogens is 388 g/mol. The molecule has 2 fully saturated rings. The van der Waals surface area contributed by atoms with Crippen LogP contribution in [0.3, 0.4) is 0 Å². The zero-order valence-electron chi connectivity index (χ0n) is 17.2. The monoisotopic (exact) mass is 415 g/mol. The van der Waals surface area contributed by atoms with E-state index in [2.05, 4.69) is 16.8 Å². The van der Waals surface area contributed by atoms with E-state index in [1.807, 2.05) is 4.90 Å². The number of carbonyl (C=O) groups excluding carboxylic acids is 1. The third-order valence-corrected chi connectivity index (χ3v) is 5.95. The smallest absolute Gasteiger partial charge is 0.253 e. The number of likely N-dealkylation sites (tertiary alicyclic amines) is 1. The van der Waals surface area contributed by atoms with Crippen LogP contribution in [0.25, 0.3) is 0 Å². The normalized spacial score (nSPS) is 20.9. The standard InChI is InChI=1S/C23H27F2N3O2/c1-26-10-2-3-18(16-26)27-11-13-28(14-12-27)23(29)17-4-6-19(7-5-17)30-20-8-9-21(24)22(25)15-20/h4-9,15,18H,2-3,10-14,16H2,1H3. The van der Waals surface area contributed by atoms with E-state index in [9.17, 15) is 13.6 Å². The highest BCUT2D eigenvalue weighted by Crippen LogP contribution is 2.24. The molecule has 0 N–H and O–H groups in total. The molecule has 0 aromatic heterocycles. The first kappa shape index (κ1) is 20.8. The average Bonchev–Trinajstić information content (AvgIpc) is 2.76. The molecule has 1 amide bonds. The van der Waals surface area contributed by atoms with Crippen LogP contribution in [-0.4, -0.2) is 73.0 Å². The van der Waals surface area contributed by atoms with Gasteiger partial charge in [-0.3, -0.25) is 9.69 Å². The van der Waals surface area contributed by atoms with E-state index in [0.29, 0.717) is 17.4 Å². The van der Waals surface area contributed by atoms with E-state index in [4.69, 9.17) is 4.74 Å². The minimum Gasteiger partial charge on any atom is -0.457 e. The van der Waals surface area contributed by atoms with Crippen molar-refractivity contribution in [3.63, 3.8) is 0 Å². The number of piperidine rings is 1. The van der Waals surface area contributed by atoms with Gasteiger partial charge in [0, 0.05) is 50.4 Å². The maximum Gasteiger partial charge on any atom is 0.253 e. The molecule has 0 saturated carbocycles. The van der Waals surface area contributed by atoms with Gasteiger partial charge in [-0.1, -0.05) is 0 Å². The van der Waals surface area contributed by atoms with Gasteiger partial charge in [0.2, 0.25) is 0 Å². The molecule has 4 rings (SSSR count). The van der Waals surface area contributed by atoms with Crippen molar-refractivity contribution in [2.45, 2.75) is 18.9 Å². The maximum atomic E-state index is 13.3. The molecule has 160 valence electrons. The number of hydrogen-bond acceptors (Lipinski definition) is 4. The van der Waals surface area contributed by atoms with E-state index >= 15 is 0 Å². The minimum atomic E-state index is -0.960. The number of benzene rings is 2. The molecule has 7 heteroatoms. The topological polar surface area (TPSA) is 36.0 Å². The van der Waals surface area contributed by atoms with Crippen LogP contribution in [0.1, 0.15) is 23.2 Å². The second-order valence-corrected chi connectivity index (χ2v) is 8.09. The van der Waals surface area contributed by atoms with Gasteiger partial charge in [-0.15, -0.1) is 0 Å². The van der Waals surface area contributed by atoms with E-state index in [1.54, 1.807) is 24.3 Å². The highest BCUT2D eigenvalue weighted by molar-refractivity contribution is 5.94. The molecule has 30 heavy (non-hydrogen) atoms. The molecule has 2 aromatic carbocycles. The van der Waals surface area contributed by atoms with Crippen LogP contribution in [0, 0.1) is 11.6 Å². The summed E-state index contributed by atoms with van der Waals surface area (Å²) >= 11 is 0. The van der Waals surface area contributed by atoms with E-state index < -0.39 is 11.6 Å². The fraction of sp³-hybridized carbons (Fsp3) is 0.435. The number of piperazine rings is 1. The summed E-state index contributed by atoms with van der Waals surface area (Å²) in [4.78, 5) is 19.6. The van der Waals surface area contributed by atoms with Crippen LogP contribution in [0.4, 0.5) is 8.78 Å². The van der Waals surface area contributed by atoms with Crippen LogP contribution in [0.5, 0.6) is 11.5 Å². The average molecular weight is 415 g/mol. The van der Waals surface area contributed by atoms with Gasteiger partial charge in [-0.05, 0) is 62.8 Å². The zero-order valence-corrected chi connectivity index (χ0v) is 17.2. The van der Waals surface area contributed by atoms with Crippen molar-refractivity contribution in [2.24, 2.45) is 0 Å². The lowest BCUT2D eigenvalue weighted by atomic mass is 10.0. The number of amides is 1. The number of ether oxygens (including phenoxy) is 1. The van der Waals surface area contributed by atoms with Crippen molar-refractivity contribution in [3.8, 4) is 11.5 Å². The molecule has 0 aliphatic carbocycles. The molecular formula is C23H27F2N3O2. The number of carbonyl (C=O) groups is 1. The predicted octanol–water partition coefficient (Wildman–Crippen LogP) is 3.61. The van der Waals surface area contributed by atoms with E-state index in [1.165, 1.54) is 25.5 Å². The summed E-state index contributed by atoms with van der Waals surface area (Å²) in [6.07, 6.45) is 2.47. The lowest BCUT2D eigenvalue weighted by molar-refractivity contribution is 0.0452. The number of likely N-dealkylation sites (N-methyl/N-ethyl adjacent to an activating group) is 1. The molecule has 2 saturated heterocycles. The predicted molar refractivity (Wildman–Crippen MR) is 111 cm³/mol. The fourth-order valence-corrected chi connectivity index (χ4v) is 4.25. The Morgan fingerprint density at radius 2 is 1.63 bits per heavy atom. The molecule has 2 aromatic rings.